The van der Waals surface area contributed by atoms with Gasteiger partial charge >= 0.3 is 5.97 Å². The van der Waals surface area contributed by atoms with Gasteiger partial charge in [0, 0.05) is 37.6 Å². The van der Waals surface area contributed by atoms with Gasteiger partial charge in [0.15, 0.2) is 0 Å². The molecule has 0 bridgehead atoms. The van der Waals surface area contributed by atoms with Gasteiger partial charge < -0.3 is 14.6 Å². The third kappa shape index (κ3) is 5.62. The van der Waals surface area contributed by atoms with E-state index in [-0.39, 0.29) is 41.5 Å². The number of ether oxygens (including phenoxy) is 1. The minimum absolute atomic E-state index is 0.00188. The van der Waals surface area contributed by atoms with Crippen LogP contribution in [0.5, 0.6) is 0 Å². The topological polar surface area (TPSA) is 97.7 Å². The van der Waals surface area contributed by atoms with Gasteiger partial charge in [0.25, 0.3) is 0 Å². The van der Waals surface area contributed by atoms with Crippen molar-refractivity contribution < 1.29 is 22.7 Å². The molecule has 1 aliphatic heterocycles. The Morgan fingerprint density at radius 3 is 2.27 bits per heavy atom. The number of amides is 1. The summed E-state index contributed by atoms with van der Waals surface area (Å²) in [5.41, 5.74) is 1.15. The highest BCUT2D eigenvalue weighted by Gasteiger charge is 2.39. The van der Waals surface area contributed by atoms with Gasteiger partial charge in [-0.1, -0.05) is 32.1 Å². The van der Waals surface area contributed by atoms with Crippen molar-refractivity contribution in [3.63, 3.8) is 0 Å². The van der Waals surface area contributed by atoms with Gasteiger partial charge in [0.2, 0.25) is 15.9 Å². The zero-order chi connectivity index (χ0) is 24.2. The fourth-order valence-corrected chi connectivity index (χ4v) is 7.10. The first-order chi connectivity index (χ1) is 15.7. The van der Waals surface area contributed by atoms with E-state index in [2.05, 4.69) is 5.32 Å². The molecule has 1 N–H and O–H groups in total. The summed E-state index contributed by atoms with van der Waals surface area (Å²) in [6, 6.07) is 0.180. The van der Waals surface area contributed by atoms with Crippen molar-refractivity contribution in [1.29, 1.82) is 0 Å². The number of rotatable bonds is 6. The van der Waals surface area contributed by atoms with Crippen LogP contribution in [0.15, 0.2) is 4.90 Å². The Labute approximate surface area is 198 Å². The van der Waals surface area contributed by atoms with Crippen molar-refractivity contribution >= 4 is 21.9 Å². The first-order valence-electron chi connectivity index (χ1n) is 12.3. The lowest BCUT2D eigenvalue weighted by atomic mass is 9.94. The lowest BCUT2D eigenvalue weighted by Crippen LogP contribution is -2.47. The van der Waals surface area contributed by atoms with Gasteiger partial charge in [0.05, 0.1) is 12.5 Å². The van der Waals surface area contributed by atoms with E-state index in [1.54, 1.807) is 32.4 Å². The van der Waals surface area contributed by atoms with E-state index in [1.165, 1.54) is 23.6 Å². The summed E-state index contributed by atoms with van der Waals surface area (Å²) >= 11 is 0. The predicted molar refractivity (Wildman–Crippen MR) is 127 cm³/mol. The predicted octanol–water partition coefficient (Wildman–Crippen LogP) is 3.45. The van der Waals surface area contributed by atoms with Crippen molar-refractivity contribution in [2.45, 2.75) is 89.5 Å². The van der Waals surface area contributed by atoms with Crippen molar-refractivity contribution in [3.05, 3.63) is 17.0 Å². The van der Waals surface area contributed by atoms with Crippen LogP contribution in [0.2, 0.25) is 0 Å². The number of carbonyl (C=O) groups is 2. The van der Waals surface area contributed by atoms with Crippen molar-refractivity contribution in [3.8, 4) is 0 Å². The van der Waals surface area contributed by atoms with E-state index in [0.717, 1.165) is 25.7 Å². The average Bonchev–Trinajstić information content (AvgIpc) is 3.00. The molecule has 33 heavy (non-hydrogen) atoms. The quantitative estimate of drug-likeness (QED) is 0.628. The number of sulfonamides is 1. The molecule has 1 aliphatic carbocycles. The second-order valence-corrected chi connectivity index (χ2v) is 11.3. The molecule has 2 heterocycles. The van der Waals surface area contributed by atoms with Crippen LogP contribution in [0.3, 0.4) is 0 Å². The fourth-order valence-electron chi connectivity index (χ4n) is 5.10. The molecule has 9 heteroatoms. The molecule has 2 fully saturated rings. The number of nitrogens with one attached hydrogen (secondary N) is 1. The number of piperidine rings is 1. The SMILES string of the molecule is CCOC(=O)c1c(S(=O)(=O)N2CCC[C@@H](C(=O)NC3CCCCCCC3)C2)c(C)n(C)c1C. The summed E-state index contributed by atoms with van der Waals surface area (Å²) in [5, 5.41) is 3.20. The molecule has 1 saturated carbocycles. The van der Waals surface area contributed by atoms with E-state index in [1.807, 2.05) is 0 Å². The molecular formula is C24H39N3O5S. The van der Waals surface area contributed by atoms with Crippen molar-refractivity contribution in [2.24, 2.45) is 13.0 Å². The van der Waals surface area contributed by atoms with Crippen LogP contribution in [-0.2, 0) is 26.6 Å². The molecule has 1 aromatic heterocycles. The highest BCUT2D eigenvalue weighted by atomic mass is 32.2. The molecule has 0 spiro atoms. The first-order valence-corrected chi connectivity index (χ1v) is 13.8. The normalized spacial score (nSPS) is 21.3. The second kappa shape index (κ2) is 11.0. The number of aromatic nitrogens is 1. The third-order valence-electron chi connectivity index (χ3n) is 7.21. The maximum atomic E-state index is 13.7. The fraction of sp³-hybridized carbons (Fsp3) is 0.750. The van der Waals surface area contributed by atoms with Crippen LogP contribution in [-0.4, -0.2) is 54.9 Å². The number of carbonyl (C=O) groups excluding carboxylic acids is 2. The smallest absolute Gasteiger partial charge is 0.341 e. The lowest BCUT2D eigenvalue weighted by Gasteiger charge is -2.32. The van der Waals surface area contributed by atoms with Crippen LogP contribution >= 0.6 is 0 Å². The maximum Gasteiger partial charge on any atom is 0.341 e. The number of nitrogens with zero attached hydrogens (tertiary/aromatic N) is 2. The van der Waals surface area contributed by atoms with Gasteiger partial charge in [-0.25, -0.2) is 13.2 Å². The molecule has 0 unspecified atom stereocenters. The standard InChI is InChI=1S/C24H39N3O5S/c1-5-32-24(29)21-17(2)26(4)18(3)22(21)33(30,31)27-15-11-12-19(16-27)23(28)25-20-13-9-7-6-8-10-14-20/h19-20H,5-16H2,1-4H3,(H,25,28)/t19-/m1/s1. The Morgan fingerprint density at radius 2 is 1.64 bits per heavy atom. The highest BCUT2D eigenvalue weighted by molar-refractivity contribution is 7.89. The highest BCUT2D eigenvalue weighted by Crippen LogP contribution is 2.32. The van der Waals surface area contributed by atoms with Crippen LogP contribution in [0.1, 0.15) is 86.5 Å². The van der Waals surface area contributed by atoms with E-state index >= 15 is 0 Å². The summed E-state index contributed by atoms with van der Waals surface area (Å²) in [5.74, 6) is -1.06. The molecule has 1 aromatic rings. The van der Waals surface area contributed by atoms with Crippen molar-refractivity contribution in [1.82, 2.24) is 14.2 Å². The molecule has 2 aliphatic rings. The lowest BCUT2D eigenvalue weighted by molar-refractivity contribution is -0.126. The number of hydrogen-bond donors (Lipinski definition) is 1. The molecule has 0 radical (unpaired) electrons. The Bertz CT molecular complexity index is 961. The zero-order valence-electron chi connectivity index (χ0n) is 20.5. The van der Waals surface area contributed by atoms with Gasteiger partial charge in [-0.3, -0.25) is 4.79 Å². The summed E-state index contributed by atoms with van der Waals surface area (Å²) in [7, 11) is -2.22. The maximum absolute atomic E-state index is 13.7. The largest absolute Gasteiger partial charge is 0.462 e. The molecule has 0 aromatic carbocycles. The molecule has 1 atom stereocenters. The number of hydrogen-bond acceptors (Lipinski definition) is 5. The summed E-state index contributed by atoms with van der Waals surface area (Å²) in [6.07, 6.45) is 9.20. The average molecular weight is 482 g/mol. The van der Waals surface area contributed by atoms with Crippen LogP contribution in [0, 0.1) is 19.8 Å². The van der Waals surface area contributed by atoms with E-state index in [9.17, 15) is 18.0 Å². The van der Waals surface area contributed by atoms with E-state index < -0.39 is 16.0 Å². The molecular weight excluding hydrogens is 442 g/mol. The monoisotopic (exact) mass is 481 g/mol. The molecule has 3 rings (SSSR count). The Kier molecular flexibility index (Phi) is 8.61. The second-order valence-electron chi connectivity index (χ2n) is 9.41. The summed E-state index contributed by atoms with van der Waals surface area (Å²) in [4.78, 5) is 25.7. The van der Waals surface area contributed by atoms with Gasteiger partial charge in [-0.05, 0) is 46.5 Å². The van der Waals surface area contributed by atoms with Crippen molar-refractivity contribution in [2.75, 3.05) is 19.7 Å². The minimum atomic E-state index is -3.97. The molecule has 8 nitrogen and oxygen atoms in total. The van der Waals surface area contributed by atoms with Gasteiger partial charge in [-0.2, -0.15) is 4.31 Å². The van der Waals surface area contributed by atoms with Gasteiger partial charge in [0.1, 0.15) is 10.5 Å². The molecule has 186 valence electrons. The Balaban J connectivity index is 1.80. The van der Waals surface area contributed by atoms with Crippen LogP contribution < -0.4 is 5.32 Å². The third-order valence-corrected chi connectivity index (χ3v) is 9.23. The van der Waals surface area contributed by atoms with E-state index in [0.29, 0.717) is 30.8 Å². The molecule has 1 saturated heterocycles. The van der Waals surface area contributed by atoms with Crippen LogP contribution in [0.25, 0.3) is 0 Å². The first kappa shape index (κ1) is 25.7. The summed E-state index contributed by atoms with van der Waals surface area (Å²) in [6.45, 7) is 5.76. The number of esters is 1. The zero-order valence-corrected chi connectivity index (χ0v) is 21.3. The summed E-state index contributed by atoms with van der Waals surface area (Å²) < 4.78 is 35.7. The van der Waals surface area contributed by atoms with E-state index in [4.69, 9.17) is 4.74 Å². The Morgan fingerprint density at radius 1 is 1.00 bits per heavy atom. The minimum Gasteiger partial charge on any atom is -0.462 e. The Hall–Kier alpha value is -1.87. The van der Waals surface area contributed by atoms with Gasteiger partial charge in [-0.15, -0.1) is 0 Å². The molecule has 1 amide bonds. The van der Waals surface area contributed by atoms with Crippen LogP contribution in [0.4, 0.5) is 0 Å².